The van der Waals surface area contributed by atoms with Crippen LogP contribution in [-0.4, -0.2) is 25.5 Å². The van der Waals surface area contributed by atoms with Crippen LogP contribution in [0.15, 0.2) is 21.6 Å². The van der Waals surface area contributed by atoms with Crippen molar-refractivity contribution in [3.63, 3.8) is 0 Å². The summed E-state index contributed by atoms with van der Waals surface area (Å²) < 4.78 is 3.76. The van der Waals surface area contributed by atoms with E-state index in [0.717, 1.165) is 8.45 Å². The van der Waals surface area contributed by atoms with E-state index in [1.165, 1.54) is 32.2 Å². The van der Waals surface area contributed by atoms with Crippen LogP contribution in [0.2, 0.25) is 8.45 Å². The molecule has 0 aromatic carbocycles. The average molecular weight is 369 g/mol. The normalized spacial score (nSPS) is 16.5. The molecular weight excluding hydrogens is 337 g/mol. The standard InChI is InChI=1S/C9H14N.2C4H9.2ClH.Ti/c1-10(2)8-7-9-5-3-4-6-9;2*1-3-4-2;;;/h3-4H,5,7-8H2,1-2H3;2*3H,4H2,1-2H3;2*1H;/q;;;;;+2/p-2. The smallest absolute Gasteiger partial charge is 1.00 e. The molecule has 123 valence electrons. The molecule has 21 heavy (non-hydrogen) atoms. The minimum absolute atomic E-state index is 0. The van der Waals surface area contributed by atoms with Gasteiger partial charge < -0.3 is 24.8 Å². The maximum absolute atomic E-state index is 2.50. The first kappa shape index (κ1) is 24.0. The van der Waals surface area contributed by atoms with E-state index in [0.29, 0.717) is 0 Å². The van der Waals surface area contributed by atoms with Crippen LogP contribution in [-0.2, 0) is 17.9 Å². The van der Waals surface area contributed by atoms with Gasteiger partial charge in [-0.25, -0.2) is 0 Å². The monoisotopic (exact) mass is 368 g/mol. The molecule has 0 amide bonds. The Bertz CT molecular complexity index is 330. The molecule has 1 aliphatic carbocycles. The van der Waals surface area contributed by atoms with Gasteiger partial charge in [0, 0.05) is 0 Å². The number of nitrogens with zero attached hydrogens (tertiary/aromatic N) is 1. The number of rotatable bonds is 8. The number of halogens is 2. The Kier molecular flexibility index (Phi) is 13.9. The van der Waals surface area contributed by atoms with Crippen molar-refractivity contribution in [1.29, 1.82) is 0 Å². The first-order chi connectivity index (χ1) is 9.01. The van der Waals surface area contributed by atoms with Crippen molar-refractivity contribution in [3.8, 4) is 0 Å². The summed E-state index contributed by atoms with van der Waals surface area (Å²) in [7, 11) is 4.37. The van der Waals surface area contributed by atoms with Crippen molar-refractivity contribution >= 4 is 0 Å². The second-order valence-electron chi connectivity index (χ2n) is 6.25. The summed E-state index contributed by atoms with van der Waals surface area (Å²) in [4.78, 5) is 2.31. The topological polar surface area (TPSA) is 3.24 Å². The van der Waals surface area contributed by atoms with E-state index in [2.05, 4.69) is 58.8 Å². The van der Waals surface area contributed by atoms with Crippen LogP contribution >= 0.6 is 0 Å². The van der Waals surface area contributed by atoms with Gasteiger partial charge in [0.25, 0.3) is 0 Å². The summed E-state index contributed by atoms with van der Waals surface area (Å²) in [6.07, 6.45) is 10.1. The predicted molar refractivity (Wildman–Crippen MR) is 83.4 cm³/mol. The van der Waals surface area contributed by atoms with Gasteiger partial charge in [0.1, 0.15) is 0 Å². The molecule has 0 N–H and O–H groups in total. The Morgan fingerprint density at radius 1 is 1.10 bits per heavy atom. The molecule has 1 aliphatic rings. The summed E-state index contributed by atoms with van der Waals surface area (Å²) in [5, 5.41) is 0. The van der Waals surface area contributed by atoms with Crippen molar-refractivity contribution in [2.24, 2.45) is 0 Å². The minimum atomic E-state index is -1.14. The third-order valence-electron chi connectivity index (χ3n) is 4.49. The molecule has 2 atom stereocenters. The molecule has 0 aromatic rings. The van der Waals surface area contributed by atoms with Gasteiger partial charge >= 0.3 is 127 Å². The van der Waals surface area contributed by atoms with Crippen molar-refractivity contribution in [1.82, 2.24) is 4.90 Å². The maximum Gasteiger partial charge on any atom is -1.00 e. The molecule has 4 heteroatoms. The molecule has 0 aromatic heterocycles. The predicted octanol–water partition coefficient (Wildman–Crippen LogP) is -0.785. The first-order valence-corrected chi connectivity index (χ1v) is 10.5. The molecule has 2 unspecified atom stereocenters. The Labute approximate surface area is 151 Å². The summed E-state index contributed by atoms with van der Waals surface area (Å²) in [5.41, 5.74) is 1.77. The van der Waals surface area contributed by atoms with E-state index < -0.39 is 17.9 Å². The van der Waals surface area contributed by atoms with Gasteiger partial charge in [-0.3, -0.25) is 0 Å². The van der Waals surface area contributed by atoms with Crippen molar-refractivity contribution in [3.05, 3.63) is 21.6 Å². The average Bonchev–Trinajstić information content (AvgIpc) is 2.84. The zero-order chi connectivity index (χ0) is 14.4. The second-order valence-corrected chi connectivity index (χ2v) is 11.6. The van der Waals surface area contributed by atoms with E-state index >= 15 is 0 Å². The van der Waals surface area contributed by atoms with Crippen LogP contribution in [0.1, 0.15) is 53.4 Å². The number of hydrogen-bond donors (Lipinski definition) is 0. The van der Waals surface area contributed by atoms with Crippen LogP contribution in [0.25, 0.3) is 0 Å². The molecule has 0 heterocycles. The van der Waals surface area contributed by atoms with Crippen molar-refractivity contribution in [2.75, 3.05) is 20.6 Å². The van der Waals surface area contributed by atoms with Gasteiger partial charge in [0.2, 0.25) is 0 Å². The van der Waals surface area contributed by atoms with E-state index in [-0.39, 0.29) is 24.8 Å². The fourth-order valence-corrected chi connectivity index (χ4v) is 8.92. The fraction of sp³-hybridized carbons (Fsp3) is 0.765. The zero-order valence-corrected chi connectivity index (χ0v) is 17.6. The summed E-state index contributed by atoms with van der Waals surface area (Å²) >= 11 is -1.14. The summed E-state index contributed by atoms with van der Waals surface area (Å²) in [6, 6.07) is 0. The third-order valence-corrected chi connectivity index (χ3v) is 10.9. The van der Waals surface area contributed by atoms with Crippen LogP contribution in [0.5, 0.6) is 0 Å². The first-order valence-electron chi connectivity index (χ1n) is 7.91. The number of allylic oxidation sites excluding steroid dienone is 3. The van der Waals surface area contributed by atoms with E-state index in [1.54, 1.807) is 5.57 Å². The minimum Gasteiger partial charge on any atom is -1.00 e. The van der Waals surface area contributed by atoms with Crippen molar-refractivity contribution < 1.29 is 42.7 Å². The SMILES string of the molecule is CC[CH](C)[Ti+2]([C]1=C(CCN(C)C)CC=C1)[CH](C)CC.[Cl-].[Cl-]. The molecule has 0 saturated carbocycles. The van der Waals surface area contributed by atoms with Crippen LogP contribution < -0.4 is 24.8 Å². The molecule has 0 bridgehead atoms. The molecule has 0 spiro atoms. The quantitative estimate of drug-likeness (QED) is 0.508. The molecule has 0 fully saturated rings. The molecule has 1 nitrogen and oxygen atoms in total. The molecular formula is C17H32Cl2NTi. The second kappa shape index (κ2) is 12.2. The molecule has 1 rings (SSSR count). The Hall–Kier alpha value is 0.734. The Morgan fingerprint density at radius 3 is 2.05 bits per heavy atom. The Morgan fingerprint density at radius 2 is 1.62 bits per heavy atom. The van der Waals surface area contributed by atoms with Crippen LogP contribution in [0, 0.1) is 0 Å². The zero-order valence-electron chi connectivity index (χ0n) is 14.5. The summed E-state index contributed by atoms with van der Waals surface area (Å²) in [6.45, 7) is 11.0. The largest absolute Gasteiger partial charge is 1.00 e. The molecule has 0 radical (unpaired) electrons. The molecule has 0 saturated heterocycles. The third kappa shape index (κ3) is 7.23. The fourth-order valence-electron chi connectivity index (χ4n) is 2.90. The van der Waals surface area contributed by atoms with Crippen molar-refractivity contribution in [2.45, 2.75) is 61.8 Å². The van der Waals surface area contributed by atoms with E-state index in [1.807, 2.05) is 3.88 Å². The van der Waals surface area contributed by atoms with Gasteiger partial charge in [-0.1, -0.05) is 0 Å². The van der Waals surface area contributed by atoms with Gasteiger partial charge in [-0.2, -0.15) is 0 Å². The van der Waals surface area contributed by atoms with E-state index in [4.69, 9.17) is 0 Å². The van der Waals surface area contributed by atoms with Gasteiger partial charge in [0.05, 0.1) is 0 Å². The summed E-state index contributed by atoms with van der Waals surface area (Å²) in [5.74, 6) is 0. The number of hydrogen-bond acceptors (Lipinski definition) is 1. The molecule has 0 aliphatic heterocycles. The van der Waals surface area contributed by atoms with Gasteiger partial charge in [0.15, 0.2) is 0 Å². The van der Waals surface area contributed by atoms with Gasteiger partial charge in [-0.15, -0.1) is 0 Å². The van der Waals surface area contributed by atoms with Crippen LogP contribution in [0.3, 0.4) is 0 Å². The van der Waals surface area contributed by atoms with Gasteiger partial charge in [-0.05, 0) is 0 Å². The Balaban J connectivity index is 0. The van der Waals surface area contributed by atoms with Crippen LogP contribution in [0.4, 0.5) is 0 Å². The maximum atomic E-state index is 2.50. The van der Waals surface area contributed by atoms with E-state index in [9.17, 15) is 0 Å².